The lowest BCUT2D eigenvalue weighted by Gasteiger charge is -2.30. The van der Waals surface area contributed by atoms with Crippen LogP contribution in [-0.2, 0) is 9.53 Å². The van der Waals surface area contributed by atoms with Crippen LogP contribution in [0.3, 0.4) is 0 Å². The first-order valence-electron chi connectivity index (χ1n) is 7.17. The quantitative estimate of drug-likeness (QED) is 0.781. The molecule has 0 radical (unpaired) electrons. The van der Waals surface area contributed by atoms with Crippen LogP contribution < -0.4 is 5.01 Å². The number of carbonyl (C=O) groups excluding carboxylic acids is 1. The Hall–Kier alpha value is -2.14. The molecule has 1 aromatic carbocycles. The SMILES string of the molecule is CC1=NN(c2ccccc2)C(=O)C1=C(C)N1CCOCC1. The Morgan fingerprint density at radius 2 is 1.86 bits per heavy atom. The highest BCUT2D eigenvalue weighted by molar-refractivity contribution is 6.30. The van der Waals surface area contributed by atoms with E-state index in [-0.39, 0.29) is 5.91 Å². The molecule has 0 aromatic heterocycles. The van der Waals surface area contributed by atoms with Crippen molar-refractivity contribution in [3.05, 3.63) is 41.6 Å². The zero-order valence-electron chi connectivity index (χ0n) is 12.4. The van der Waals surface area contributed by atoms with Crippen LogP contribution in [0.25, 0.3) is 0 Å². The molecule has 0 unspecified atom stereocenters. The number of morpholine rings is 1. The van der Waals surface area contributed by atoms with Crippen molar-refractivity contribution in [2.45, 2.75) is 13.8 Å². The molecule has 110 valence electrons. The van der Waals surface area contributed by atoms with Crippen LogP contribution in [0.5, 0.6) is 0 Å². The van der Waals surface area contributed by atoms with E-state index in [1.54, 1.807) is 0 Å². The second-order valence-corrected chi connectivity index (χ2v) is 5.20. The van der Waals surface area contributed by atoms with Crippen molar-refractivity contribution in [2.75, 3.05) is 31.3 Å². The zero-order chi connectivity index (χ0) is 14.8. The summed E-state index contributed by atoms with van der Waals surface area (Å²) in [5.74, 6) is -0.0531. The largest absolute Gasteiger partial charge is 0.378 e. The molecule has 0 N–H and O–H groups in total. The van der Waals surface area contributed by atoms with Crippen LogP contribution in [0.2, 0.25) is 0 Å². The van der Waals surface area contributed by atoms with Crippen molar-refractivity contribution in [2.24, 2.45) is 5.10 Å². The van der Waals surface area contributed by atoms with Crippen LogP contribution >= 0.6 is 0 Å². The lowest BCUT2D eigenvalue weighted by atomic mass is 10.1. The van der Waals surface area contributed by atoms with Gasteiger partial charge in [0.2, 0.25) is 0 Å². The van der Waals surface area contributed by atoms with E-state index in [9.17, 15) is 4.79 Å². The summed E-state index contributed by atoms with van der Waals surface area (Å²) in [6.07, 6.45) is 0. The molecule has 1 saturated heterocycles. The third-order valence-electron chi connectivity index (χ3n) is 3.87. The van der Waals surface area contributed by atoms with Crippen molar-refractivity contribution < 1.29 is 9.53 Å². The molecule has 0 saturated carbocycles. The zero-order valence-corrected chi connectivity index (χ0v) is 12.4. The summed E-state index contributed by atoms with van der Waals surface area (Å²) < 4.78 is 5.37. The minimum Gasteiger partial charge on any atom is -0.378 e. The number of anilines is 1. The molecular weight excluding hydrogens is 266 g/mol. The van der Waals surface area contributed by atoms with Crippen molar-refractivity contribution in [3.8, 4) is 0 Å². The van der Waals surface area contributed by atoms with Gasteiger partial charge in [-0.05, 0) is 26.0 Å². The molecule has 1 fully saturated rings. The number of amides is 1. The molecule has 0 atom stereocenters. The van der Waals surface area contributed by atoms with Crippen LogP contribution in [0.1, 0.15) is 13.8 Å². The van der Waals surface area contributed by atoms with Crippen LogP contribution in [0.4, 0.5) is 5.69 Å². The van der Waals surface area contributed by atoms with Crippen LogP contribution in [0.15, 0.2) is 46.7 Å². The van der Waals surface area contributed by atoms with Gasteiger partial charge in [0.1, 0.15) is 0 Å². The molecule has 1 aromatic rings. The molecule has 0 aliphatic carbocycles. The molecule has 0 bridgehead atoms. The number of nitrogens with zero attached hydrogens (tertiary/aromatic N) is 3. The Kier molecular flexibility index (Phi) is 3.75. The number of para-hydroxylation sites is 1. The van der Waals surface area contributed by atoms with Gasteiger partial charge in [-0.25, -0.2) is 0 Å². The molecule has 5 nitrogen and oxygen atoms in total. The predicted molar refractivity (Wildman–Crippen MR) is 82.1 cm³/mol. The molecule has 2 heterocycles. The highest BCUT2D eigenvalue weighted by Gasteiger charge is 2.32. The molecule has 1 amide bonds. The first-order valence-corrected chi connectivity index (χ1v) is 7.17. The van der Waals surface area contributed by atoms with Crippen LogP contribution in [0, 0.1) is 0 Å². The fourth-order valence-corrected chi connectivity index (χ4v) is 2.72. The average molecular weight is 285 g/mol. The molecule has 21 heavy (non-hydrogen) atoms. The highest BCUT2D eigenvalue weighted by atomic mass is 16.5. The highest BCUT2D eigenvalue weighted by Crippen LogP contribution is 2.26. The number of carbonyl (C=O) groups is 1. The predicted octanol–water partition coefficient (Wildman–Crippen LogP) is 2.02. The van der Waals surface area contributed by atoms with Gasteiger partial charge < -0.3 is 9.64 Å². The topological polar surface area (TPSA) is 45.1 Å². The minimum atomic E-state index is -0.0531. The third kappa shape index (κ3) is 2.56. The van der Waals surface area contributed by atoms with Gasteiger partial charge in [0.05, 0.1) is 30.2 Å². The Bertz CT molecular complexity index is 601. The van der Waals surface area contributed by atoms with Gasteiger partial charge in [0.15, 0.2) is 0 Å². The standard InChI is InChI=1S/C16H19N3O2/c1-12-15(13(2)18-8-10-21-11-9-18)16(20)19(17-12)14-6-4-3-5-7-14/h3-7H,8-11H2,1-2H3. The Morgan fingerprint density at radius 1 is 1.19 bits per heavy atom. The third-order valence-corrected chi connectivity index (χ3v) is 3.87. The van der Waals surface area contributed by atoms with E-state index < -0.39 is 0 Å². The number of hydrogen-bond acceptors (Lipinski definition) is 4. The maximum Gasteiger partial charge on any atom is 0.282 e. The Labute approximate surface area is 124 Å². The number of benzene rings is 1. The molecule has 3 rings (SSSR count). The number of hydrazone groups is 1. The Morgan fingerprint density at radius 3 is 2.52 bits per heavy atom. The first-order chi connectivity index (χ1) is 10.2. The minimum absolute atomic E-state index is 0.0531. The van der Waals surface area contributed by atoms with Crippen molar-refractivity contribution in [1.29, 1.82) is 0 Å². The lowest BCUT2D eigenvalue weighted by Crippen LogP contribution is -2.36. The molecule has 0 spiro atoms. The molecule has 5 heteroatoms. The molecular formula is C16H19N3O2. The summed E-state index contributed by atoms with van der Waals surface area (Å²) in [4.78, 5) is 14.9. The lowest BCUT2D eigenvalue weighted by molar-refractivity contribution is -0.114. The van der Waals surface area contributed by atoms with Crippen molar-refractivity contribution in [1.82, 2.24) is 4.90 Å². The average Bonchev–Trinajstić information content (AvgIpc) is 2.83. The van der Waals surface area contributed by atoms with Gasteiger partial charge in [-0.2, -0.15) is 10.1 Å². The molecule has 2 aliphatic heterocycles. The normalized spacial score (nSPS) is 21.6. The second kappa shape index (κ2) is 5.69. The summed E-state index contributed by atoms with van der Waals surface area (Å²) >= 11 is 0. The number of allylic oxidation sites excluding steroid dienone is 1. The number of ether oxygens (including phenoxy) is 1. The summed E-state index contributed by atoms with van der Waals surface area (Å²) in [5.41, 5.74) is 3.27. The first kappa shape index (κ1) is 13.8. The van der Waals surface area contributed by atoms with Gasteiger partial charge in [0, 0.05) is 18.8 Å². The van der Waals surface area contributed by atoms with Gasteiger partial charge in [-0.15, -0.1) is 0 Å². The maximum absolute atomic E-state index is 12.7. The van der Waals surface area contributed by atoms with E-state index >= 15 is 0 Å². The van der Waals surface area contributed by atoms with E-state index in [4.69, 9.17) is 4.74 Å². The monoisotopic (exact) mass is 285 g/mol. The van der Waals surface area contributed by atoms with E-state index in [2.05, 4.69) is 10.0 Å². The van der Waals surface area contributed by atoms with Gasteiger partial charge in [0.25, 0.3) is 5.91 Å². The summed E-state index contributed by atoms with van der Waals surface area (Å²) in [5, 5.41) is 5.90. The fourth-order valence-electron chi connectivity index (χ4n) is 2.72. The van der Waals surface area contributed by atoms with Crippen molar-refractivity contribution >= 4 is 17.3 Å². The van der Waals surface area contributed by atoms with E-state index in [0.717, 1.165) is 30.2 Å². The van der Waals surface area contributed by atoms with Crippen molar-refractivity contribution in [3.63, 3.8) is 0 Å². The number of rotatable bonds is 2. The van der Waals surface area contributed by atoms with E-state index in [1.165, 1.54) is 5.01 Å². The summed E-state index contributed by atoms with van der Waals surface area (Å²) in [6, 6.07) is 9.52. The second-order valence-electron chi connectivity index (χ2n) is 5.20. The Balaban J connectivity index is 1.91. The van der Waals surface area contributed by atoms with E-state index in [1.807, 2.05) is 44.2 Å². The van der Waals surface area contributed by atoms with E-state index in [0.29, 0.717) is 18.8 Å². The maximum atomic E-state index is 12.7. The smallest absolute Gasteiger partial charge is 0.282 e. The van der Waals surface area contributed by atoms with Gasteiger partial charge >= 0.3 is 0 Å². The number of hydrogen-bond donors (Lipinski definition) is 0. The van der Waals surface area contributed by atoms with Gasteiger partial charge in [-0.1, -0.05) is 18.2 Å². The fraction of sp³-hybridized carbons (Fsp3) is 0.375. The van der Waals surface area contributed by atoms with Crippen LogP contribution in [-0.4, -0.2) is 42.8 Å². The summed E-state index contributed by atoms with van der Waals surface area (Å²) in [6.45, 7) is 6.93. The molecule has 2 aliphatic rings. The van der Waals surface area contributed by atoms with Gasteiger partial charge in [-0.3, -0.25) is 4.79 Å². The summed E-state index contributed by atoms with van der Waals surface area (Å²) in [7, 11) is 0.